The van der Waals surface area contributed by atoms with Crippen molar-refractivity contribution in [3.63, 3.8) is 0 Å². The first-order valence-corrected chi connectivity index (χ1v) is 4.71. The Morgan fingerprint density at radius 1 is 1.53 bits per heavy atom. The van der Waals surface area contributed by atoms with Crippen LogP contribution in [-0.4, -0.2) is 25.1 Å². The van der Waals surface area contributed by atoms with E-state index in [1.807, 2.05) is 0 Å². The van der Waals surface area contributed by atoms with Crippen molar-refractivity contribution in [1.29, 1.82) is 0 Å². The van der Waals surface area contributed by atoms with Gasteiger partial charge in [0, 0.05) is 6.07 Å². The highest BCUT2D eigenvalue weighted by molar-refractivity contribution is 5.94. The zero-order chi connectivity index (χ0) is 10.8. The Balaban J connectivity index is 2.13. The number of ketones is 1. The number of carbonyl (C=O) groups excluding carboxylic acids is 1. The molecule has 3 nitrogen and oxygen atoms in total. The van der Waals surface area contributed by atoms with E-state index in [1.165, 1.54) is 19.1 Å². The van der Waals surface area contributed by atoms with Crippen LogP contribution in [0.4, 0.5) is 4.39 Å². The first-order valence-electron chi connectivity index (χ1n) is 4.71. The van der Waals surface area contributed by atoms with E-state index in [-0.39, 0.29) is 17.5 Å². The second-order valence-corrected chi connectivity index (χ2v) is 3.48. The largest absolute Gasteiger partial charge is 0.485 e. The molecule has 1 aromatic carbocycles. The Hall–Kier alpha value is -1.42. The predicted molar refractivity (Wildman–Crippen MR) is 51.6 cm³/mol. The minimum absolute atomic E-state index is 0.00702. The van der Waals surface area contributed by atoms with Crippen LogP contribution in [0.3, 0.4) is 0 Å². The zero-order valence-corrected chi connectivity index (χ0v) is 8.33. The van der Waals surface area contributed by atoms with Crippen LogP contribution in [0.15, 0.2) is 18.2 Å². The Morgan fingerprint density at radius 3 is 2.73 bits per heavy atom. The Bertz CT molecular complexity index is 385. The maximum atomic E-state index is 13.3. The van der Waals surface area contributed by atoms with Gasteiger partial charge in [-0.1, -0.05) is 0 Å². The van der Waals surface area contributed by atoms with Gasteiger partial charge in [0.2, 0.25) is 0 Å². The summed E-state index contributed by atoms with van der Waals surface area (Å²) >= 11 is 0. The molecule has 2 rings (SSSR count). The van der Waals surface area contributed by atoms with Crippen LogP contribution >= 0.6 is 0 Å². The molecule has 0 unspecified atom stereocenters. The van der Waals surface area contributed by atoms with Gasteiger partial charge in [-0.25, -0.2) is 4.39 Å². The van der Waals surface area contributed by atoms with Crippen molar-refractivity contribution in [1.82, 2.24) is 0 Å². The SMILES string of the molecule is CC(=O)c1ccc(OC2COC2)cc1F. The van der Waals surface area contributed by atoms with Gasteiger partial charge in [-0.15, -0.1) is 0 Å². The number of halogens is 1. The van der Waals surface area contributed by atoms with Crippen LogP contribution in [-0.2, 0) is 4.74 Å². The topological polar surface area (TPSA) is 35.5 Å². The summed E-state index contributed by atoms with van der Waals surface area (Å²) in [5.41, 5.74) is 0.0900. The van der Waals surface area contributed by atoms with E-state index in [0.717, 1.165) is 0 Å². The molecule has 0 radical (unpaired) electrons. The summed E-state index contributed by atoms with van der Waals surface area (Å²) in [7, 11) is 0. The van der Waals surface area contributed by atoms with Gasteiger partial charge in [-0.2, -0.15) is 0 Å². The van der Waals surface area contributed by atoms with E-state index in [4.69, 9.17) is 9.47 Å². The maximum absolute atomic E-state index is 13.3. The van der Waals surface area contributed by atoms with E-state index in [9.17, 15) is 9.18 Å². The molecule has 0 aliphatic carbocycles. The minimum atomic E-state index is -0.541. The molecule has 0 atom stereocenters. The number of benzene rings is 1. The predicted octanol–water partition coefficient (Wildman–Crippen LogP) is 1.81. The van der Waals surface area contributed by atoms with Crippen LogP contribution in [0.25, 0.3) is 0 Å². The number of hydrogen-bond acceptors (Lipinski definition) is 3. The maximum Gasteiger partial charge on any atom is 0.162 e. The molecule has 0 saturated carbocycles. The van der Waals surface area contributed by atoms with Crippen molar-refractivity contribution in [2.24, 2.45) is 0 Å². The van der Waals surface area contributed by atoms with Gasteiger partial charge in [0.25, 0.3) is 0 Å². The summed E-state index contributed by atoms with van der Waals surface area (Å²) in [6.07, 6.45) is 0.00702. The fourth-order valence-electron chi connectivity index (χ4n) is 1.33. The van der Waals surface area contributed by atoms with Crippen LogP contribution in [0.2, 0.25) is 0 Å². The molecule has 0 spiro atoms. The van der Waals surface area contributed by atoms with Gasteiger partial charge in [0.15, 0.2) is 5.78 Å². The molecule has 1 aliphatic rings. The second kappa shape index (κ2) is 3.98. The van der Waals surface area contributed by atoms with Crippen molar-refractivity contribution >= 4 is 5.78 Å². The summed E-state index contributed by atoms with van der Waals surface area (Å²) < 4.78 is 23.7. The summed E-state index contributed by atoms with van der Waals surface area (Å²) in [4.78, 5) is 11.0. The molecule has 0 N–H and O–H groups in total. The normalized spacial score (nSPS) is 15.9. The lowest BCUT2D eigenvalue weighted by atomic mass is 10.1. The van der Waals surface area contributed by atoms with E-state index < -0.39 is 5.82 Å². The van der Waals surface area contributed by atoms with Gasteiger partial charge in [-0.3, -0.25) is 4.79 Å². The molecule has 1 fully saturated rings. The van der Waals surface area contributed by atoms with Crippen molar-refractivity contribution in [3.8, 4) is 5.75 Å². The molecule has 1 aromatic rings. The van der Waals surface area contributed by atoms with Gasteiger partial charge < -0.3 is 9.47 Å². The van der Waals surface area contributed by atoms with Crippen LogP contribution in [0.5, 0.6) is 5.75 Å². The fourth-order valence-corrected chi connectivity index (χ4v) is 1.33. The molecule has 4 heteroatoms. The van der Waals surface area contributed by atoms with Crippen LogP contribution in [0.1, 0.15) is 17.3 Å². The lowest BCUT2D eigenvalue weighted by Gasteiger charge is -2.26. The first-order chi connectivity index (χ1) is 7.16. The average Bonchev–Trinajstić information content (AvgIpc) is 2.11. The second-order valence-electron chi connectivity index (χ2n) is 3.48. The third kappa shape index (κ3) is 2.15. The van der Waals surface area contributed by atoms with E-state index in [2.05, 4.69) is 0 Å². The van der Waals surface area contributed by atoms with E-state index in [1.54, 1.807) is 6.07 Å². The summed E-state index contributed by atoms with van der Waals surface area (Å²) in [5.74, 6) is -0.392. The number of Topliss-reactive ketones (excluding diaryl/α,β-unsaturated/α-hetero) is 1. The van der Waals surface area contributed by atoms with Crippen LogP contribution < -0.4 is 4.74 Å². The van der Waals surface area contributed by atoms with Crippen molar-refractivity contribution in [3.05, 3.63) is 29.6 Å². The quantitative estimate of drug-likeness (QED) is 0.714. The van der Waals surface area contributed by atoms with E-state index in [0.29, 0.717) is 19.0 Å². The highest BCUT2D eigenvalue weighted by Gasteiger charge is 2.20. The first kappa shape index (κ1) is 10.1. The highest BCUT2D eigenvalue weighted by atomic mass is 19.1. The highest BCUT2D eigenvalue weighted by Crippen LogP contribution is 2.20. The Kier molecular flexibility index (Phi) is 2.68. The molecule has 80 valence electrons. The van der Waals surface area contributed by atoms with Gasteiger partial charge in [-0.05, 0) is 19.1 Å². The lowest BCUT2D eigenvalue weighted by Crippen LogP contribution is -2.38. The Morgan fingerprint density at radius 2 is 2.27 bits per heavy atom. The molecule has 0 bridgehead atoms. The number of hydrogen-bond donors (Lipinski definition) is 0. The zero-order valence-electron chi connectivity index (χ0n) is 8.33. The third-order valence-electron chi connectivity index (χ3n) is 2.23. The van der Waals surface area contributed by atoms with Crippen molar-refractivity contribution in [2.45, 2.75) is 13.0 Å². The van der Waals surface area contributed by atoms with Crippen molar-refractivity contribution in [2.75, 3.05) is 13.2 Å². The minimum Gasteiger partial charge on any atom is -0.485 e. The summed E-state index contributed by atoms with van der Waals surface area (Å²) in [6, 6.07) is 4.26. The molecule has 0 amide bonds. The smallest absolute Gasteiger partial charge is 0.162 e. The molecule has 1 saturated heterocycles. The molecule has 0 aromatic heterocycles. The lowest BCUT2D eigenvalue weighted by molar-refractivity contribution is -0.0797. The third-order valence-corrected chi connectivity index (χ3v) is 2.23. The van der Waals surface area contributed by atoms with Gasteiger partial charge in [0.1, 0.15) is 17.7 Å². The van der Waals surface area contributed by atoms with E-state index >= 15 is 0 Å². The standard InChI is InChI=1S/C11H11FO3/c1-7(13)10-3-2-8(4-11(10)12)15-9-5-14-6-9/h2-4,9H,5-6H2,1H3. The molecular formula is C11H11FO3. The number of ether oxygens (including phenoxy) is 2. The Labute approximate surface area is 86.8 Å². The number of rotatable bonds is 3. The average molecular weight is 210 g/mol. The summed E-state index contributed by atoms with van der Waals surface area (Å²) in [6.45, 7) is 2.41. The monoisotopic (exact) mass is 210 g/mol. The molecule has 1 heterocycles. The fraction of sp³-hybridized carbons (Fsp3) is 0.364. The number of carbonyl (C=O) groups is 1. The van der Waals surface area contributed by atoms with Gasteiger partial charge in [0.05, 0.1) is 18.8 Å². The summed E-state index contributed by atoms with van der Waals surface area (Å²) in [5, 5.41) is 0. The van der Waals surface area contributed by atoms with Gasteiger partial charge >= 0.3 is 0 Å². The molecular weight excluding hydrogens is 199 g/mol. The van der Waals surface area contributed by atoms with Crippen molar-refractivity contribution < 1.29 is 18.7 Å². The molecule has 15 heavy (non-hydrogen) atoms. The molecule has 1 aliphatic heterocycles. The van der Waals surface area contributed by atoms with Crippen LogP contribution in [0, 0.1) is 5.82 Å².